The summed E-state index contributed by atoms with van der Waals surface area (Å²) in [6.45, 7) is 7.24. The zero-order valence-electron chi connectivity index (χ0n) is 17.5. The molecule has 2 rings (SSSR count). The van der Waals surface area contributed by atoms with Crippen molar-refractivity contribution in [3.8, 4) is 11.5 Å². The van der Waals surface area contributed by atoms with Crippen molar-refractivity contribution >= 4 is 30.5 Å². The number of methoxy groups -OCH3 is 2. The van der Waals surface area contributed by atoms with Gasteiger partial charge in [0, 0.05) is 21.6 Å². The Morgan fingerprint density at radius 3 is 2.31 bits per heavy atom. The van der Waals surface area contributed by atoms with Crippen LogP contribution in [0.5, 0.6) is 11.5 Å². The third-order valence-electron chi connectivity index (χ3n) is 4.38. The molecule has 0 bridgehead atoms. The lowest BCUT2D eigenvalue weighted by molar-refractivity contribution is 0.0375. The van der Waals surface area contributed by atoms with Crippen LogP contribution >= 0.6 is 12.6 Å². The first kappa shape index (κ1) is 22.6. The summed E-state index contributed by atoms with van der Waals surface area (Å²) in [6.07, 6.45) is 2.92. The summed E-state index contributed by atoms with van der Waals surface area (Å²) in [7, 11) is 3.09. The van der Waals surface area contributed by atoms with Crippen molar-refractivity contribution in [3.63, 3.8) is 0 Å². The maximum atomic E-state index is 12.6. The summed E-state index contributed by atoms with van der Waals surface area (Å²) < 4.78 is 16.0. The third-order valence-corrected chi connectivity index (χ3v) is 4.75. The first-order valence-corrected chi connectivity index (χ1v) is 9.62. The average Bonchev–Trinajstić information content (AvgIpc) is 2.65. The van der Waals surface area contributed by atoms with Gasteiger partial charge in [-0.25, -0.2) is 4.79 Å². The Bertz CT molecular complexity index is 960. The summed E-state index contributed by atoms with van der Waals surface area (Å²) in [5, 5.41) is 0. The van der Waals surface area contributed by atoms with Gasteiger partial charge in [-0.2, -0.15) is 0 Å². The minimum atomic E-state index is -0.391. The van der Waals surface area contributed by atoms with E-state index in [0.717, 1.165) is 5.56 Å². The van der Waals surface area contributed by atoms with Gasteiger partial charge in [-0.15, -0.1) is 12.6 Å². The van der Waals surface area contributed by atoms with Crippen LogP contribution < -0.4 is 9.47 Å². The van der Waals surface area contributed by atoms with Crippen molar-refractivity contribution in [3.05, 3.63) is 58.2 Å². The number of allylic oxidation sites excluding steroid dienone is 1. The number of hydrogen-bond acceptors (Lipinski definition) is 6. The van der Waals surface area contributed by atoms with Gasteiger partial charge in [0.05, 0.1) is 25.9 Å². The van der Waals surface area contributed by atoms with E-state index in [4.69, 9.17) is 14.2 Å². The van der Waals surface area contributed by atoms with Crippen LogP contribution in [0.15, 0.2) is 35.2 Å². The molecule has 2 aromatic carbocycles. The first-order valence-electron chi connectivity index (χ1n) is 9.18. The molecule has 0 spiro atoms. The van der Waals surface area contributed by atoms with Gasteiger partial charge in [0.1, 0.15) is 11.5 Å². The van der Waals surface area contributed by atoms with Crippen LogP contribution in [0.4, 0.5) is 0 Å². The van der Waals surface area contributed by atoms with Gasteiger partial charge in [0.2, 0.25) is 0 Å². The fraction of sp³-hybridized carbons (Fsp3) is 0.304. The quantitative estimate of drug-likeness (QED) is 0.297. The Labute approximate surface area is 177 Å². The normalized spacial score (nSPS) is 11.0. The second kappa shape index (κ2) is 9.65. The van der Waals surface area contributed by atoms with E-state index in [2.05, 4.69) is 12.6 Å². The Hall–Kier alpha value is -2.73. The van der Waals surface area contributed by atoms with Crippen LogP contribution in [-0.4, -0.2) is 32.1 Å². The summed E-state index contributed by atoms with van der Waals surface area (Å²) in [5.41, 5.74) is 3.07. The van der Waals surface area contributed by atoms with E-state index in [9.17, 15) is 9.59 Å². The lowest BCUT2D eigenvalue weighted by Gasteiger charge is -2.17. The molecule has 0 aliphatic rings. The highest BCUT2D eigenvalue weighted by Gasteiger charge is 2.20. The number of aryl methyl sites for hydroxylation is 1. The zero-order valence-corrected chi connectivity index (χ0v) is 18.4. The molecule has 29 heavy (non-hydrogen) atoms. The molecule has 6 heteroatoms. The van der Waals surface area contributed by atoms with Crippen LogP contribution in [0.2, 0.25) is 0 Å². The van der Waals surface area contributed by atoms with Crippen LogP contribution in [0.25, 0.3) is 6.08 Å². The summed E-state index contributed by atoms with van der Waals surface area (Å²) >= 11 is 4.36. The largest absolute Gasteiger partial charge is 0.497 e. The Kier molecular flexibility index (Phi) is 7.51. The van der Waals surface area contributed by atoms with Gasteiger partial charge in [-0.3, -0.25) is 4.79 Å². The Morgan fingerprint density at radius 1 is 1.07 bits per heavy atom. The van der Waals surface area contributed by atoms with Crippen LogP contribution in [-0.2, 0) is 4.74 Å². The van der Waals surface area contributed by atoms with Gasteiger partial charge in [-0.05, 0) is 69.7 Å². The fourth-order valence-electron chi connectivity index (χ4n) is 3.08. The molecule has 0 aromatic heterocycles. The van der Waals surface area contributed by atoms with Crippen LogP contribution in [0.3, 0.4) is 0 Å². The minimum Gasteiger partial charge on any atom is -0.497 e. The number of benzene rings is 2. The van der Waals surface area contributed by atoms with Gasteiger partial charge in [0.25, 0.3) is 0 Å². The lowest BCUT2D eigenvalue weighted by Crippen LogP contribution is -2.15. The first-order chi connectivity index (χ1) is 13.7. The van der Waals surface area contributed by atoms with E-state index in [1.165, 1.54) is 13.2 Å². The van der Waals surface area contributed by atoms with Crippen molar-refractivity contribution in [2.75, 3.05) is 14.2 Å². The summed E-state index contributed by atoms with van der Waals surface area (Å²) in [6, 6.07) is 6.88. The second-order valence-electron chi connectivity index (χ2n) is 6.85. The molecule has 0 fully saturated rings. The predicted molar refractivity (Wildman–Crippen MR) is 117 cm³/mol. The Morgan fingerprint density at radius 2 is 1.76 bits per heavy atom. The molecular weight excluding hydrogens is 388 g/mol. The van der Waals surface area contributed by atoms with E-state index in [1.54, 1.807) is 52.2 Å². The number of ether oxygens (including phenoxy) is 3. The van der Waals surface area contributed by atoms with E-state index in [1.807, 2.05) is 13.0 Å². The molecule has 0 amide bonds. The molecule has 2 aromatic rings. The monoisotopic (exact) mass is 414 g/mol. The highest BCUT2D eigenvalue weighted by atomic mass is 32.1. The minimum absolute atomic E-state index is 0.196. The summed E-state index contributed by atoms with van der Waals surface area (Å²) in [5.74, 6) is 0.569. The van der Waals surface area contributed by atoms with Gasteiger partial charge >= 0.3 is 5.97 Å². The molecule has 0 heterocycles. The molecular formula is C23H26O5S. The van der Waals surface area contributed by atoms with E-state index in [0.29, 0.717) is 38.6 Å². The van der Waals surface area contributed by atoms with Crippen molar-refractivity contribution in [2.24, 2.45) is 0 Å². The van der Waals surface area contributed by atoms with Crippen molar-refractivity contribution in [1.82, 2.24) is 0 Å². The second-order valence-corrected chi connectivity index (χ2v) is 7.33. The van der Waals surface area contributed by atoms with Gasteiger partial charge in [0.15, 0.2) is 5.78 Å². The predicted octanol–water partition coefficient (Wildman–Crippen LogP) is 5.07. The highest BCUT2D eigenvalue weighted by Crippen LogP contribution is 2.31. The molecule has 0 aliphatic carbocycles. The third kappa shape index (κ3) is 5.21. The number of ketones is 1. The average molecular weight is 415 g/mol. The molecule has 0 saturated carbocycles. The molecule has 0 aliphatic heterocycles. The number of carbonyl (C=O) groups is 2. The van der Waals surface area contributed by atoms with Crippen LogP contribution in [0.1, 0.15) is 51.3 Å². The number of thiol groups is 1. The SMILES string of the molecule is COc1ccc(C(=O)C=Cc2cc(C)c(C(=O)OC(C)C)c(C)c2OC)c(S)c1. The number of carbonyl (C=O) groups excluding carboxylic acids is 2. The molecule has 5 nitrogen and oxygen atoms in total. The summed E-state index contributed by atoms with van der Waals surface area (Å²) in [4.78, 5) is 25.6. The number of esters is 1. The number of hydrogen-bond donors (Lipinski definition) is 1. The topological polar surface area (TPSA) is 61.8 Å². The van der Waals surface area contributed by atoms with E-state index in [-0.39, 0.29) is 11.9 Å². The highest BCUT2D eigenvalue weighted by molar-refractivity contribution is 7.80. The van der Waals surface area contributed by atoms with Gasteiger partial charge in [-0.1, -0.05) is 0 Å². The standard InChI is InChI=1S/C23H26O5S/c1-13(2)28-23(25)21-14(3)11-16(22(27-6)15(21)4)7-10-19(24)18-9-8-17(26-5)12-20(18)29/h7-13,29H,1-6H3. The van der Waals surface area contributed by atoms with E-state index < -0.39 is 5.97 Å². The van der Waals surface area contributed by atoms with Gasteiger partial charge < -0.3 is 14.2 Å². The lowest BCUT2D eigenvalue weighted by atomic mass is 9.97. The van der Waals surface area contributed by atoms with Crippen molar-refractivity contribution < 1.29 is 23.8 Å². The molecule has 0 saturated heterocycles. The fourth-order valence-corrected chi connectivity index (χ4v) is 3.39. The molecule has 0 unspecified atom stereocenters. The smallest absolute Gasteiger partial charge is 0.339 e. The molecule has 0 atom stereocenters. The molecule has 0 radical (unpaired) electrons. The molecule has 0 N–H and O–H groups in total. The number of rotatable bonds is 7. The maximum Gasteiger partial charge on any atom is 0.339 e. The van der Waals surface area contributed by atoms with Crippen molar-refractivity contribution in [1.29, 1.82) is 0 Å². The van der Waals surface area contributed by atoms with Crippen LogP contribution in [0, 0.1) is 13.8 Å². The molecule has 154 valence electrons. The van der Waals surface area contributed by atoms with E-state index >= 15 is 0 Å². The van der Waals surface area contributed by atoms with Crippen molar-refractivity contribution in [2.45, 2.75) is 38.7 Å². The Balaban J connectivity index is 2.40. The zero-order chi connectivity index (χ0) is 21.7. The maximum absolute atomic E-state index is 12.6.